The van der Waals surface area contributed by atoms with Crippen molar-refractivity contribution >= 4 is 5.69 Å². The predicted octanol–water partition coefficient (Wildman–Crippen LogP) is 4.11. The molecule has 3 heteroatoms. The summed E-state index contributed by atoms with van der Waals surface area (Å²) < 4.78 is 11.4. The van der Waals surface area contributed by atoms with Gasteiger partial charge in [-0.3, -0.25) is 0 Å². The van der Waals surface area contributed by atoms with Gasteiger partial charge in [0.25, 0.3) is 0 Å². The van der Waals surface area contributed by atoms with Crippen molar-refractivity contribution in [1.29, 1.82) is 0 Å². The fourth-order valence-corrected chi connectivity index (χ4v) is 2.66. The second-order valence-corrected chi connectivity index (χ2v) is 6.47. The summed E-state index contributed by atoms with van der Waals surface area (Å²) in [6.07, 6.45) is 1.10. The number of ether oxygens (including phenoxy) is 2. The van der Waals surface area contributed by atoms with E-state index in [9.17, 15) is 0 Å². The monoisotopic (exact) mass is 277 g/mol. The van der Waals surface area contributed by atoms with Crippen LogP contribution in [0.5, 0.6) is 11.5 Å². The third kappa shape index (κ3) is 3.20. The Hall–Kier alpha value is -1.38. The Kier molecular flexibility index (Phi) is 4.46. The van der Waals surface area contributed by atoms with Crippen LogP contribution in [-0.2, 0) is 6.42 Å². The fourth-order valence-electron chi connectivity index (χ4n) is 2.66. The van der Waals surface area contributed by atoms with E-state index in [1.54, 1.807) is 0 Å². The molecule has 0 saturated heterocycles. The Morgan fingerprint density at radius 1 is 1.10 bits per heavy atom. The second-order valence-electron chi connectivity index (χ2n) is 6.47. The molecule has 0 aliphatic carbocycles. The topological polar surface area (TPSA) is 30.5 Å². The lowest BCUT2D eigenvalue weighted by atomic mass is 9.75. The molecule has 0 saturated carbocycles. The zero-order valence-electron chi connectivity index (χ0n) is 13.4. The molecule has 0 spiro atoms. The summed E-state index contributed by atoms with van der Waals surface area (Å²) in [5.41, 5.74) is 2.84. The SMILES string of the molecule is CCOc1cc2c(cc1OCC)NCC(C(C)(C)C)C2. The van der Waals surface area contributed by atoms with Gasteiger partial charge in [-0.25, -0.2) is 0 Å². The highest BCUT2D eigenvalue weighted by Crippen LogP contribution is 2.40. The Morgan fingerprint density at radius 3 is 2.25 bits per heavy atom. The third-order valence-corrected chi connectivity index (χ3v) is 4.00. The Labute approximate surface area is 122 Å². The number of fused-ring (bicyclic) bond motifs is 1. The molecular weight excluding hydrogens is 250 g/mol. The summed E-state index contributed by atoms with van der Waals surface area (Å²) in [6, 6.07) is 4.23. The van der Waals surface area contributed by atoms with E-state index in [4.69, 9.17) is 9.47 Å². The molecule has 112 valence electrons. The number of nitrogens with one attached hydrogen (secondary N) is 1. The predicted molar refractivity (Wildman–Crippen MR) is 83.9 cm³/mol. The third-order valence-electron chi connectivity index (χ3n) is 4.00. The fraction of sp³-hybridized carbons (Fsp3) is 0.647. The first-order valence-electron chi connectivity index (χ1n) is 7.62. The van der Waals surface area contributed by atoms with Crippen LogP contribution in [0.15, 0.2) is 12.1 Å². The van der Waals surface area contributed by atoms with Crippen molar-refractivity contribution in [3.63, 3.8) is 0 Å². The summed E-state index contributed by atoms with van der Waals surface area (Å²) in [5.74, 6) is 2.35. The summed E-state index contributed by atoms with van der Waals surface area (Å²) >= 11 is 0. The van der Waals surface area contributed by atoms with Crippen LogP contribution in [-0.4, -0.2) is 19.8 Å². The van der Waals surface area contributed by atoms with Gasteiger partial charge >= 0.3 is 0 Å². The van der Waals surface area contributed by atoms with E-state index in [0.717, 1.165) is 24.5 Å². The van der Waals surface area contributed by atoms with Crippen LogP contribution in [0.3, 0.4) is 0 Å². The summed E-state index contributed by atoms with van der Waals surface area (Å²) in [5, 5.41) is 3.55. The molecule has 0 amide bonds. The van der Waals surface area contributed by atoms with E-state index in [1.807, 2.05) is 13.8 Å². The number of anilines is 1. The van der Waals surface area contributed by atoms with Gasteiger partial charge in [-0.2, -0.15) is 0 Å². The Bertz CT molecular complexity index is 463. The maximum absolute atomic E-state index is 5.72. The van der Waals surface area contributed by atoms with E-state index >= 15 is 0 Å². The smallest absolute Gasteiger partial charge is 0.163 e. The van der Waals surface area contributed by atoms with Crippen molar-refractivity contribution in [3.05, 3.63) is 17.7 Å². The van der Waals surface area contributed by atoms with Gasteiger partial charge in [0, 0.05) is 18.3 Å². The summed E-state index contributed by atoms with van der Waals surface area (Å²) in [6.45, 7) is 13.3. The zero-order valence-corrected chi connectivity index (χ0v) is 13.4. The highest BCUT2D eigenvalue weighted by Gasteiger charge is 2.29. The molecule has 1 aliphatic rings. The molecule has 1 aromatic rings. The first-order valence-corrected chi connectivity index (χ1v) is 7.62. The van der Waals surface area contributed by atoms with E-state index < -0.39 is 0 Å². The minimum absolute atomic E-state index is 0.315. The molecule has 0 bridgehead atoms. The van der Waals surface area contributed by atoms with Crippen molar-refractivity contribution in [1.82, 2.24) is 0 Å². The number of rotatable bonds is 4. The van der Waals surface area contributed by atoms with E-state index in [-0.39, 0.29) is 0 Å². The highest BCUT2D eigenvalue weighted by atomic mass is 16.5. The van der Waals surface area contributed by atoms with Crippen molar-refractivity contribution in [3.8, 4) is 11.5 Å². The number of benzene rings is 1. The average Bonchev–Trinajstić information content (AvgIpc) is 2.38. The van der Waals surface area contributed by atoms with E-state index in [0.29, 0.717) is 24.5 Å². The van der Waals surface area contributed by atoms with Crippen LogP contribution in [0.25, 0.3) is 0 Å². The van der Waals surface area contributed by atoms with Gasteiger partial charge in [0.15, 0.2) is 11.5 Å². The van der Waals surface area contributed by atoms with Gasteiger partial charge in [0.05, 0.1) is 13.2 Å². The highest BCUT2D eigenvalue weighted by molar-refractivity contribution is 5.62. The van der Waals surface area contributed by atoms with Gasteiger partial charge in [-0.1, -0.05) is 20.8 Å². The lowest BCUT2D eigenvalue weighted by molar-refractivity contribution is 0.246. The lowest BCUT2D eigenvalue weighted by Crippen LogP contribution is -2.33. The molecule has 3 nitrogen and oxygen atoms in total. The van der Waals surface area contributed by atoms with Gasteiger partial charge < -0.3 is 14.8 Å². The first kappa shape index (κ1) is 15.0. The maximum Gasteiger partial charge on any atom is 0.163 e. The van der Waals surface area contributed by atoms with Crippen LogP contribution in [0.4, 0.5) is 5.69 Å². The summed E-state index contributed by atoms with van der Waals surface area (Å²) in [4.78, 5) is 0. The first-order chi connectivity index (χ1) is 9.45. The van der Waals surface area contributed by atoms with Crippen LogP contribution in [0.1, 0.15) is 40.2 Å². The number of hydrogen-bond acceptors (Lipinski definition) is 3. The van der Waals surface area contributed by atoms with Gasteiger partial charge in [0.2, 0.25) is 0 Å². The van der Waals surface area contributed by atoms with Crippen LogP contribution in [0, 0.1) is 11.3 Å². The van der Waals surface area contributed by atoms with Crippen molar-refractivity contribution < 1.29 is 9.47 Å². The molecule has 2 rings (SSSR count). The lowest BCUT2D eigenvalue weighted by Gasteiger charge is -2.36. The molecule has 1 heterocycles. The van der Waals surface area contributed by atoms with Crippen LogP contribution < -0.4 is 14.8 Å². The largest absolute Gasteiger partial charge is 0.490 e. The Morgan fingerprint density at radius 2 is 1.70 bits per heavy atom. The van der Waals surface area contributed by atoms with Crippen molar-refractivity contribution in [2.24, 2.45) is 11.3 Å². The molecule has 1 aliphatic heterocycles. The van der Waals surface area contributed by atoms with Gasteiger partial charge in [-0.05, 0) is 43.2 Å². The minimum atomic E-state index is 0.315. The van der Waals surface area contributed by atoms with Gasteiger partial charge in [0.1, 0.15) is 0 Å². The van der Waals surface area contributed by atoms with Crippen molar-refractivity contribution in [2.75, 3.05) is 25.1 Å². The quantitative estimate of drug-likeness (QED) is 0.898. The second kappa shape index (κ2) is 5.94. The molecule has 1 atom stereocenters. The Balaban J connectivity index is 2.30. The van der Waals surface area contributed by atoms with E-state index in [2.05, 4.69) is 38.2 Å². The summed E-state index contributed by atoms with van der Waals surface area (Å²) in [7, 11) is 0. The van der Waals surface area contributed by atoms with Crippen LogP contribution in [0.2, 0.25) is 0 Å². The molecule has 1 N–H and O–H groups in total. The molecule has 20 heavy (non-hydrogen) atoms. The van der Waals surface area contributed by atoms with Crippen LogP contribution >= 0.6 is 0 Å². The molecule has 1 aromatic carbocycles. The molecule has 1 unspecified atom stereocenters. The van der Waals surface area contributed by atoms with Crippen molar-refractivity contribution in [2.45, 2.75) is 41.0 Å². The normalized spacial score (nSPS) is 18.1. The molecule has 0 aromatic heterocycles. The average molecular weight is 277 g/mol. The minimum Gasteiger partial charge on any atom is -0.490 e. The van der Waals surface area contributed by atoms with E-state index in [1.165, 1.54) is 11.3 Å². The maximum atomic E-state index is 5.72. The zero-order chi connectivity index (χ0) is 14.8. The standard InChI is InChI=1S/C17H27NO2/c1-6-19-15-9-12-8-13(17(3,4)5)11-18-14(12)10-16(15)20-7-2/h9-10,13,18H,6-8,11H2,1-5H3. The molecule has 0 radical (unpaired) electrons. The van der Waals surface area contributed by atoms with Gasteiger partial charge in [-0.15, -0.1) is 0 Å². The molecule has 0 fully saturated rings. The molecular formula is C17H27NO2. The number of hydrogen-bond donors (Lipinski definition) is 1.